The molecule has 5 rings (SSSR count). The predicted molar refractivity (Wildman–Crippen MR) is 172 cm³/mol. The Morgan fingerprint density at radius 3 is 2.25 bits per heavy atom. The summed E-state index contributed by atoms with van der Waals surface area (Å²) >= 11 is 0. The Morgan fingerprint density at radius 2 is 1.63 bits per heavy atom. The second-order valence-corrected chi connectivity index (χ2v) is 11.3. The van der Waals surface area contributed by atoms with Crippen LogP contribution in [0.25, 0.3) is 0 Å². The first kappa shape index (κ1) is 36.2. The van der Waals surface area contributed by atoms with Crippen molar-refractivity contribution in [3.63, 3.8) is 0 Å². The van der Waals surface area contributed by atoms with Crippen LogP contribution in [0.4, 0.5) is 23.2 Å². The minimum Gasteiger partial charge on any atom is -0.491 e. The number of alkyl halides is 3. The van der Waals surface area contributed by atoms with Gasteiger partial charge in [0.2, 0.25) is 0 Å². The van der Waals surface area contributed by atoms with Crippen LogP contribution in [0.2, 0.25) is 0 Å². The topological polar surface area (TPSA) is 126 Å². The molecule has 0 aromatic heterocycles. The lowest BCUT2D eigenvalue weighted by Gasteiger charge is -2.17. The van der Waals surface area contributed by atoms with Crippen molar-refractivity contribution in [3.05, 3.63) is 126 Å². The highest BCUT2D eigenvalue weighted by atomic mass is 19.4. The standard InChI is InChI=1S/C37H29F4NO9/c38-30-22-25(7-16-31(30)48-21-1-20-37(39,40)41)36(47)51-28-10-2-23(3-11-28)4-19-34(45)49-27-12-5-24(6-13-27)35(46)50-29-14-8-26(9-15-29)42-32(43)17-18-33(42)44/h2-5,7-10,12-19,22,24,28H,1,6,11,20-21H2/b19-4+. The number of benzene rings is 2. The Labute approximate surface area is 288 Å². The molecule has 2 unspecified atom stereocenters. The van der Waals surface area contributed by atoms with E-state index in [0.29, 0.717) is 11.3 Å². The molecule has 2 atom stereocenters. The molecule has 0 saturated heterocycles. The molecule has 51 heavy (non-hydrogen) atoms. The van der Waals surface area contributed by atoms with Gasteiger partial charge in [-0.2, -0.15) is 13.2 Å². The molecule has 0 fully saturated rings. The predicted octanol–water partition coefficient (Wildman–Crippen LogP) is 6.55. The van der Waals surface area contributed by atoms with Crippen LogP contribution in [0.3, 0.4) is 0 Å². The van der Waals surface area contributed by atoms with Gasteiger partial charge in [0.1, 0.15) is 17.6 Å². The average Bonchev–Trinajstić information content (AvgIpc) is 3.44. The molecule has 2 aromatic rings. The maximum absolute atomic E-state index is 14.3. The third-order valence-corrected chi connectivity index (χ3v) is 7.50. The lowest BCUT2D eigenvalue weighted by Crippen LogP contribution is -2.29. The smallest absolute Gasteiger partial charge is 0.389 e. The van der Waals surface area contributed by atoms with Gasteiger partial charge in [0.25, 0.3) is 11.8 Å². The summed E-state index contributed by atoms with van der Waals surface area (Å²) in [6.07, 6.45) is 8.65. The van der Waals surface area contributed by atoms with Crippen LogP contribution >= 0.6 is 0 Å². The van der Waals surface area contributed by atoms with Gasteiger partial charge in [-0.1, -0.05) is 18.2 Å². The van der Waals surface area contributed by atoms with Crippen LogP contribution in [0, 0.1) is 11.7 Å². The number of hydrogen-bond donors (Lipinski definition) is 0. The fraction of sp³-hybridized carbons (Fsp3) is 0.216. The molecule has 0 radical (unpaired) electrons. The zero-order chi connectivity index (χ0) is 36.5. The summed E-state index contributed by atoms with van der Waals surface area (Å²) < 4.78 is 72.2. The van der Waals surface area contributed by atoms with Crippen molar-refractivity contribution < 1.29 is 60.5 Å². The van der Waals surface area contributed by atoms with Crippen molar-refractivity contribution in [1.82, 2.24) is 0 Å². The van der Waals surface area contributed by atoms with Gasteiger partial charge in [0, 0.05) is 31.1 Å². The van der Waals surface area contributed by atoms with Crippen molar-refractivity contribution in [2.45, 2.75) is 38.0 Å². The quantitative estimate of drug-likeness (QED) is 0.0603. The normalized spacial score (nSPS) is 18.5. The van der Waals surface area contributed by atoms with Crippen LogP contribution in [-0.4, -0.2) is 48.6 Å². The summed E-state index contributed by atoms with van der Waals surface area (Å²) in [4.78, 5) is 62.1. The fourth-order valence-corrected chi connectivity index (χ4v) is 4.91. The van der Waals surface area contributed by atoms with Crippen molar-refractivity contribution in [2.24, 2.45) is 5.92 Å². The van der Waals surface area contributed by atoms with E-state index in [-0.39, 0.29) is 48.7 Å². The largest absolute Gasteiger partial charge is 0.491 e. The maximum Gasteiger partial charge on any atom is 0.389 e. The van der Waals surface area contributed by atoms with E-state index in [1.165, 1.54) is 60.7 Å². The molecule has 1 aliphatic heterocycles. The molecule has 0 spiro atoms. The van der Waals surface area contributed by atoms with Gasteiger partial charge in [0.15, 0.2) is 11.6 Å². The van der Waals surface area contributed by atoms with E-state index in [9.17, 15) is 41.5 Å². The van der Waals surface area contributed by atoms with E-state index in [1.54, 1.807) is 30.4 Å². The van der Waals surface area contributed by atoms with Gasteiger partial charge in [-0.05, 0) is 85.2 Å². The van der Waals surface area contributed by atoms with Gasteiger partial charge in [-0.25, -0.2) is 18.9 Å². The van der Waals surface area contributed by atoms with Gasteiger partial charge < -0.3 is 18.9 Å². The van der Waals surface area contributed by atoms with Crippen molar-refractivity contribution >= 4 is 35.4 Å². The summed E-state index contributed by atoms with van der Waals surface area (Å²) in [5.41, 5.74) is 0.877. The van der Waals surface area contributed by atoms with Crippen LogP contribution in [-0.2, 0) is 28.7 Å². The average molecular weight is 708 g/mol. The van der Waals surface area contributed by atoms with Gasteiger partial charge in [0.05, 0.1) is 23.8 Å². The zero-order valence-electron chi connectivity index (χ0n) is 26.6. The molecule has 2 amide bonds. The van der Waals surface area contributed by atoms with Gasteiger partial charge in [-0.3, -0.25) is 14.4 Å². The van der Waals surface area contributed by atoms with E-state index >= 15 is 0 Å². The minimum atomic E-state index is -4.33. The van der Waals surface area contributed by atoms with Gasteiger partial charge >= 0.3 is 24.1 Å². The highest BCUT2D eigenvalue weighted by Crippen LogP contribution is 2.26. The number of esters is 3. The second-order valence-electron chi connectivity index (χ2n) is 11.3. The van der Waals surface area contributed by atoms with E-state index in [2.05, 4.69) is 0 Å². The number of anilines is 1. The fourth-order valence-electron chi connectivity index (χ4n) is 4.91. The number of hydrogen-bond acceptors (Lipinski definition) is 9. The third-order valence-electron chi connectivity index (χ3n) is 7.50. The molecule has 1 heterocycles. The van der Waals surface area contributed by atoms with Crippen molar-refractivity contribution in [3.8, 4) is 11.5 Å². The van der Waals surface area contributed by atoms with Crippen LogP contribution in [0.1, 0.15) is 36.0 Å². The number of ether oxygens (including phenoxy) is 4. The summed E-state index contributed by atoms with van der Waals surface area (Å²) in [5, 5.41) is 0. The molecular weight excluding hydrogens is 678 g/mol. The van der Waals surface area contributed by atoms with E-state index in [4.69, 9.17) is 18.9 Å². The molecule has 2 aliphatic carbocycles. The monoisotopic (exact) mass is 707 g/mol. The number of carbonyl (C=O) groups excluding carboxylic acids is 5. The number of rotatable bonds is 12. The van der Waals surface area contributed by atoms with Crippen molar-refractivity contribution in [2.75, 3.05) is 11.5 Å². The Morgan fingerprint density at radius 1 is 0.882 bits per heavy atom. The number of nitrogens with zero attached hydrogens (tertiary/aromatic N) is 1. The lowest BCUT2D eigenvalue weighted by atomic mass is 10.0. The number of imide groups is 1. The first-order valence-electron chi connectivity index (χ1n) is 15.6. The molecule has 10 nitrogen and oxygen atoms in total. The first-order valence-corrected chi connectivity index (χ1v) is 15.6. The molecule has 2 aromatic carbocycles. The SMILES string of the molecule is O=C(/C=C/C1=CCC(OC(=O)c2ccc(OCCCC(F)(F)F)c(F)c2)C=C1)OC1=CCC(C(=O)Oc2ccc(N3C(=O)C=CC3=O)cc2)C=C1. The second kappa shape index (κ2) is 16.1. The number of halogens is 4. The molecule has 14 heteroatoms. The summed E-state index contributed by atoms with van der Waals surface area (Å²) in [7, 11) is 0. The molecule has 0 bridgehead atoms. The summed E-state index contributed by atoms with van der Waals surface area (Å²) in [6.45, 7) is -0.337. The maximum atomic E-state index is 14.3. The lowest BCUT2D eigenvalue weighted by molar-refractivity contribution is -0.137. The Kier molecular flexibility index (Phi) is 11.4. The van der Waals surface area contributed by atoms with E-state index in [1.807, 2.05) is 0 Å². The Bertz CT molecular complexity index is 1870. The molecular formula is C37H29F4NO9. The number of amides is 2. The van der Waals surface area contributed by atoms with Crippen LogP contribution in [0.5, 0.6) is 11.5 Å². The summed E-state index contributed by atoms with van der Waals surface area (Å²) in [6, 6.07) is 9.20. The van der Waals surface area contributed by atoms with E-state index in [0.717, 1.165) is 17.0 Å². The zero-order valence-corrected chi connectivity index (χ0v) is 26.6. The molecule has 264 valence electrons. The Hall–Kier alpha value is -6.05. The highest BCUT2D eigenvalue weighted by Gasteiger charge is 2.27. The molecule has 0 N–H and O–H groups in total. The van der Waals surface area contributed by atoms with E-state index < -0.39 is 60.2 Å². The first-order chi connectivity index (χ1) is 24.3. The van der Waals surface area contributed by atoms with Crippen molar-refractivity contribution in [1.29, 1.82) is 0 Å². The third kappa shape index (κ3) is 10.2. The van der Waals surface area contributed by atoms with Crippen LogP contribution in [0.15, 0.2) is 115 Å². The number of carbonyl (C=O) groups is 5. The molecule has 3 aliphatic rings. The minimum absolute atomic E-state index is 0.102. The Balaban J connectivity index is 1.02. The summed E-state index contributed by atoms with van der Waals surface area (Å²) in [5.74, 6) is -4.31. The number of allylic oxidation sites excluding steroid dienone is 5. The highest BCUT2D eigenvalue weighted by molar-refractivity contribution is 6.28. The van der Waals surface area contributed by atoms with Gasteiger partial charge in [-0.15, -0.1) is 0 Å². The molecule has 0 saturated carbocycles. The van der Waals surface area contributed by atoms with Crippen LogP contribution < -0.4 is 14.4 Å².